The largest absolute Gasteiger partial charge is 0.246 e. The second-order valence-corrected chi connectivity index (χ2v) is 11.8. The summed E-state index contributed by atoms with van der Waals surface area (Å²) in [7, 11) is 0. The molecule has 0 aliphatic carbocycles. The Morgan fingerprint density at radius 2 is 1.09 bits per heavy atom. The van der Waals surface area contributed by atoms with Crippen LogP contribution < -0.4 is 0 Å². The molecule has 8 aromatic rings. The van der Waals surface area contributed by atoms with E-state index in [2.05, 4.69) is 163 Å². The molecule has 0 aliphatic heterocycles. The summed E-state index contributed by atoms with van der Waals surface area (Å²) in [5, 5.41) is 6.03. The van der Waals surface area contributed by atoms with Gasteiger partial charge in [-0.1, -0.05) is 145 Å². The fraction of sp³-hybridized carbons (Fsp3) is 0.0222. The van der Waals surface area contributed by atoms with E-state index in [0.29, 0.717) is 0 Å². The Bertz CT molecular complexity index is 2500. The monoisotopic (exact) mass is 598 g/mol. The molecule has 0 radical (unpaired) electrons. The number of hydrogen-bond donors (Lipinski definition) is 0. The number of terminal acetylenes is 1. The predicted octanol–water partition coefficient (Wildman–Crippen LogP) is 11.9. The molecule has 0 unspecified atom stereocenters. The van der Waals surface area contributed by atoms with E-state index in [1.165, 1.54) is 55.6 Å². The van der Waals surface area contributed by atoms with Gasteiger partial charge in [0, 0.05) is 10.9 Å². The van der Waals surface area contributed by atoms with Gasteiger partial charge < -0.3 is 0 Å². The lowest BCUT2D eigenvalue weighted by atomic mass is 9.85. The molecule has 8 rings (SSSR count). The van der Waals surface area contributed by atoms with Crippen molar-refractivity contribution in [1.29, 1.82) is 0 Å². The van der Waals surface area contributed by atoms with Crippen molar-refractivity contribution < 1.29 is 0 Å². The molecule has 0 aliphatic rings. The third-order valence-electron chi connectivity index (χ3n) is 8.97. The first kappa shape index (κ1) is 28.2. The number of benzene rings is 7. The molecule has 0 amide bonds. The maximum atomic E-state index is 5.46. The summed E-state index contributed by atoms with van der Waals surface area (Å²) >= 11 is 0. The molecule has 47 heavy (non-hydrogen) atoms. The number of hydrogen-bond acceptors (Lipinski definition) is 2. The summed E-state index contributed by atoms with van der Waals surface area (Å²) in [4.78, 5) is 9.55. The molecule has 220 valence electrons. The number of pyridine rings is 1. The number of rotatable bonds is 5. The quantitative estimate of drug-likeness (QED) is 0.110. The first-order chi connectivity index (χ1) is 23.2. The van der Waals surface area contributed by atoms with E-state index < -0.39 is 0 Å². The van der Waals surface area contributed by atoms with Crippen molar-refractivity contribution in [2.24, 2.45) is 4.99 Å². The minimum Gasteiger partial charge on any atom is -0.246 e. The summed E-state index contributed by atoms with van der Waals surface area (Å²) in [6, 6.07) is 54.2. The van der Waals surface area contributed by atoms with Crippen LogP contribution in [0.15, 0.2) is 157 Å². The van der Waals surface area contributed by atoms with Crippen molar-refractivity contribution >= 4 is 44.3 Å². The zero-order chi connectivity index (χ0) is 31.7. The zero-order valence-electron chi connectivity index (χ0n) is 26.0. The van der Waals surface area contributed by atoms with Crippen LogP contribution >= 0.6 is 0 Å². The van der Waals surface area contributed by atoms with Crippen molar-refractivity contribution in [2.75, 3.05) is 0 Å². The van der Waals surface area contributed by atoms with Gasteiger partial charge in [0.1, 0.15) is 0 Å². The van der Waals surface area contributed by atoms with E-state index in [1.807, 2.05) is 6.92 Å². The Hall–Kier alpha value is -6.30. The number of nitrogens with zero attached hydrogens (tertiary/aromatic N) is 2. The van der Waals surface area contributed by atoms with E-state index in [4.69, 9.17) is 11.4 Å². The highest BCUT2D eigenvalue weighted by Crippen LogP contribution is 2.44. The van der Waals surface area contributed by atoms with Crippen LogP contribution in [0.1, 0.15) is 5.56 Å². The van der Waals surface area contributed by atoms with Crippen LogP contribution in [0.5, 0.6) is 0 Å². The predicted molar refractivity (Wildman–Crippen MR) is 200 cm³/mol. The molecule has 0 saturated carbocycles. The lowest BCUT2D eigenvalue weighted by Crippen LogP contribution is -1.91. The Morgan fingerprint density at radius 1 is 0.532 bits per heavy atom. The maximum Gasteiger partial charge on any atom is 0.0968 e. The fourth-order valence-corrected chi connectivity index (χ4v) is 6.72. The summed E-state index contributed by atoms with van der Waals surface area (Å²) in [5.74, 6) is 2.50. The van der Waals surface area contributed by atoms with Crippen LogP contribution in [0.4, 0.5) is 5.69 Å². The Kier molecular flexibility index (Phi) is 7.14. The highest BCUT2D eigenvalue weighted by Gasteiger charge is 2.17. The van der Waals surface area contributed by atoms with Gasteiger partial charge in [0.25, 0.3) is 0 Å². The Balaban J connectivity index is 1.28. The third-order valence-corrected chi connectivity index (χ3v) is 8.97. The standard InChI is InChI=1S/C45H30N2/c1-3-28-46-44-30(2)18-19-35-25-27-41(47-45(35)44)32-22-20-31(21-23-32)36-24-26-39-40(29-36)43(34-14-8-5-9-15-34)38-17-11-10-16-37(38)42(39)33-12-6-4-7-13-33/h1,4-29H,2H3/b46-28-. The molecule has 2 heteroatoms. The summed E-state index contributed by atoms with van der Waals surface area (Å²) in [6.45, 7) is 2.03. The highest BCUT2D eigenvalue weighted by molar-refractivity contribution is 6.22. The van der Waals surface area contributed by atoms with E-state index >= 15 is 0 Å². The number of aryl methyl sites for hydroxylation is 1. The van der Waals surface area contributed by atoms with Crippen LogP contribution in [0, 0.1) is 19.3 Å². The lowest BCUT2D eigenvalue weighted by Gasteiger charge is -2.18. The van der Waals surface area contributed by atoms with Crippen LogP contribution in [0.25, 0.3) is 77.1 Å². The average molecular weight is 599 g/mol. The molecule has 0 fully saturated rings. The third kappa shape index (κ3) is 5.05. The molecule has 1 aromatic heterocycles. The fourth-order valence-electron chi connectivity index (χ4n) is 6.72. The minimum atomic E-state index is 0.812. The molecular formula is C45H30N2. The Labute approximate surface area is 274 Å². The van der Waals surface area contributed by atoms with Gasteiger partial charge in [-0.15, -0.1) is 6.42 Å². The van der Waals surface area contributed by atoms with E-state index in [0.717, 1.165) is 39.0 Å². The molecule has 2 nitrogen and oxygen atoms in total. The maximum absolute atomic E-state index is 5.46. The van der Waals surface area contributed by atoms with Crippen LogP contribution in [-0.2, 0) is 0 Å². The minimum absolute atomic E-state index is 0.812. The second-order valence-electron chi connectivity index (χ2n) is 11.8. The molecule has 0 spiro atoms. The highest BCUT2D eigenvalue weighted by atomic mass is 14.8. The summed E-state index contributed by atoms with van der Waals surface area (Å²) in [6.07, 6.45) is 6.95. The van der Waals surface area contributed by atoms with Gasteiger partial charge in [-0.25, -0.2) is 9.98 Å². The second kappa shape index (κ2) is 11.9. The van der Waals surface area contributed by atoms with Gasteiger partial charge in [-0.2, -0.15) is 0 Å². The van der Waals surface area contributed by atoms with Crippen LogP contribution in [0.2, 0.25) is 0 Å². The van der Waals surface area contributed by atoms with Gasteiger partial charge in [0.15, 0.2) is 0 Å². The molecule has 1 heterocycles. The zero-order valence-corrected chi connectivity index (χ0v) is 26.0. The Morgan fingerprint density at radius 3 is 1.74 bits per heavy atom. The molecule has 0 bridgehead atoms. The van der Waals surface area contributed by atoms with Gasteiger partial charge in [0.05, 0.1) is 23.1 Å². The van der Waals surface area contributed by atoms with Crippen molar-refractivity contribution in [2.45, 2.75) is 6.92 Å². The molecule has 7 aromatic carbocycles. The van der Waals surface area contributed by atoms with Gasteiger partial charge >= 0.3 is 0 Å². The van der Waals surface area contributed by atoms with E-state index in [1.54, 1.807) is 0 Å². The number of fused-ring (bicyclic) bond motifs is 3. The number of aliphatic imine (C=N–C) groups is 1. The summed E-state index contributed by atoms with van der Waals surface area (Å²) < 4.78 is 0. The van der Waals surface area contributed by atoms with Crippen molar-refractivity contribution in [3.05, 3.63) is 157 Å². The van der Waals surface area contributed by atoms with Crippen LogP contribution in [-0.4, -0.2) is 11.2 Å². The van der Waals surface area contributed by atoms with Gasteiger partial charge in [0.2, 0.25) is 0 Å². The molecule has 0 atom stereocenters. The van der Waals surface area contributed by atoms with Crippen molar-refractivity contribution in [1.82, 2.24) is 4.98 Å². The van der Waals surface area contributed by atoms with Gasteiger partial charge in [-0.05, 0) is 79.5 Å². The van der Waals surface area contributed by atoms with E-state index in [9.17, 15) is 0 Å². The number of aromatic nitrogens is 1. The topological polar surface area (TPSA) is 25.2 Å². The smallest absolute Gasteiger partial charge is 0.0968 e. The van der Waals surface area contributed by atoms with Gasteiger partial charge in [-0.3, -0.25) is 0 Å². The molecule has 0 saturated heterocycles. The van der Waals surface area contributed by atoms with E-state index in [-0.39, 0.29) is 0 Å². The molecular weight excluding hydrogens is 569 g/mol. The molecule has 0 N–H and O–H groups in total. The van der Waals surface area contributed by atoms with Crippen molar-refractivity contribution in [3.63, 3.8) is 0 Å². The van der Waals surface area contributed by atoms with Crippen LogP contribution in [0.3, 0.4) is 0 Å². The summed E-state index contributed by atoms with van der Waals surface area (Å²) in [5.41, 5.74) is 11.9. The van der Waals surface area contributed by atoms with Crippen molar-refractivity contribution in [3.8, 4) is 57.0 Å². The first-order valence-corrected chi connectivity index (χ1v) is 15.8. The normalized spacial score (nSPS) is 11.4. The average Bonchev–Trinajstić information content (AvgIpc) is 3.13. The lowest BCUT2D eigenvalue weighted by molar-refractivity contribution is 1.35. The first-order valence-electron chi connectivity index (χ1n) is 15.8. The SMILES string of the molecule is C#C/C=N\c1c(C)ccc2ccc(-c3ccc(-c4ccc5c(-c6ccccc6)c6ccccc6c(-c6ccccc6)c5c4)cc3)nc12.